The lowest BCUT2D eigenvalue weighted by atomic mass is 10.1. The molecule has 0 saturated carbocycles. The third-order valence-electron chi connectivity index (χ3n) is 4.50. The van der Waals surface area contributed by atoms with Crippen molar-refractivity contribution in [3.05, 3.63) is 96.9 Å². The van der Waals surface area contributed by atoms with E-state index in [1.165, 1.54) is 30.9 Å². The lowest BCUT2D eigenvalue weighted by molar-refractivity contribution is -0.111. The van der Waals surface area contributed by atoms with Crippen molar-refractivity contribution in [3.8, 4) is 11.3 Å². The molecule has 0 bridgehead atoms. The summed E-state index contributed by atoms with van der Waals surface area (Å²) in [5.74, 6) is 0.852. The third-order valence-corrected chi connectivity index (χ3v) is 5.92. The highest BCUT2D eigenvalue weighted by molar-refractivity contribution is 7.89. The van der Waals surface area contributed by atoms with Crippen LogP contribution in [0.3, 0.4) is 0 Å². The fraction of sp³-hybridized carbons (Fsp3) is 0.0435. The molecular weight excluding hydrogens is 430 g/mol. The zero-order valence-corrected chi connectivity index (χ0v) is 17.6. The first-order valence-corrected chi connectivity index (χ1v) is 11.1. The SMILES string of the molecule is O=C(/C=C/c1ccc(S(=O)(=O)NCc2ccco2)cc1)Nc1ccc(-c2cnco2)cc1. The Hall–Kier alpha value is -3.95. The first-order chi connectivity index (χ1) is 15.5. The van der Waals surface area contributed by atoms with E-state index in [0.717, 1.165) is 5.56 Å². The molecule has 162 valence electrons. The molecule has 2 aromatic heterocycles. The minimum atomic E-state index is -3.67. The summed E-state index contributed by atoms with van der Waals surface area (Å²) in [4.78, 5) is 16.2. The van der Waals surface area contributed by atoms with Crippen LogP contribution in [0.4, 0.5) is 5.69 Å². The Morgan fingerprint density at radius 2 is 1.78 bits per heavy atom. The van der Waals surface area contributed by atoms with Crippen molar-refractivity contribution in [2.45, 2.75) is 11.4 Å². The van der Waals surface area contributed by atoms with Gasteiger partial charge in [0.05, 0.1) is 23.9 Å². The van der Waals surface area contributed by atoms with Crippen molar-refractivity contribution >= 4 is 27.7 Å². The maximum absolute atomic E-state index is 12.4. The van der Waals surface area contributed by atoms with E-state index in [9.17, 15) is 13.2 Å². The number of aromatic nitrogens is 1. The first kappa shape index (κ1) is 21.3. The zero-order chi connectivity index (χ0) is 22.4. The van der Waals surface area contributed by atoms with Gasteiger partial charge in [-0.25, -0.2) is 18.1 Å². The molecule has 0 saturated heterocycles. The highest BCUT2D eigenvalue weighted by atomic mass is 32.2. The Morgan fingerprint density at radius 1 is 1.00 bits per heavy atom. The lowest BCUT2D eigenvalue weighted by Crippen LogP contribution is -2.22. The van der Waals surface area contributed by atoms with Gasteiger partial charge in [-0.2, -0.15) is 0 Å². The maximum Gasteiger partial charge on any atom is 0.248 e. The van der Waals surface area contributed by atoms with Gasteiger partial charge in [-0.1, -0.05) is 12.1 Å². The predicted molar refractivity (Wildman–Crippen MR) is 119 cm³/mol. The normalized spacial score (nSPS) is 11.6. The summed E-state index contributed by atoms with van der Waals surface area (Å²) in [5.41, 5.74) is 2.17. The fourth-order valence-electron chi connectivity index (χ4n) is 2.85. The molecule has 2 aromatic carbocycles. The number of furan rings is 1. The monoisotopic (exact) mass is 449 g/mol. The van der Waals surface area contributed by atoms with Gasteiger partial charge in [0.2, 0.25) is 15.9 Å². The second kappa shape index (κ2) is 9.46. The van der Waals surface area contributed by atoms with E-state index in [1.54, 1.807) is 48.7 Å². The molecule has 32 heavy (non-hydrogen) atoms. The van der Waals surface area contributed by atoms with Crippen LogP contribution in [0, 0.1) is 0 Å². The molecule has 0 spiro atoms. The van der Waals surface area contributed by atoms with Gasteiger partial charge in [0, 0.05) is 17.3 Å². The number of hydrogen-bond donors (Lipinski definition) is 2. The summed E-state index contributed by atoms with van der Waals surface area (Å²) < 4.78 is 37.6. The van der Waals surface area contributed by atoms with Crippen LogP contribution in [-0.2, 0) is 21.4 Å². The zero-order valence-electron chi connectivity index (χ0n) is 16.8. The molecule has 0 fully saturated rings. The van der Waals surface area contributed by atoms with E-state index in [2.05, 4.69) is 15.0 Å². The Bertz CT molecular complexity index is 1290. The number of anilines is 1. The third kappa shape index (κ3) is 5.39. The number of hydrogen-bond acceptors (Lipinski definition) is 6. The largest absolute Gasteiger partial charge is 0.468 e. The van der Waals surface area contributed by atoms with Crippen molar-refractivity contribution in [3.63, 3.8) is 0 Å². The molecule has 0 radical (unpaired) electrons. The molecule has 0 aliphatic carbocycles. The maximum atomic E-state index is 12.4. The molecule has 0 aliphatic heterocycles. The van der Waals surface area contributed by atoms with Gasteiger partial charge in [0.15, 0.2) is 12.2 Å². The number of rotatable bonds is 8. The number of nitrogens with zero attached hydrogens (tertiary/aromatic N) is 1. The minimum absolute atomic E-state index is 0.0660. The Morgan fingerprint density at radius 3 is 2.44 bits per heavy atom. The number of nitrogens with one attached hydrogen (secondary N) is 2. The first-order valence-electron chi connectivity index (χ1n) is 9.60. The van der Waals surface area contributed by atoms with Crippen molar-refractivity contribution in [2.75, 3.05) is 5.32 Å². The molecule has 2 heterocycles. The van der Waals surface area contributed by atoms with Gasteiger partial charge in [0.25, 0.3) is 0 Å². The average Bonchev–Trinajstić information content (AvgIpc) is 3.52. The number of oxazole rings is 1. The summed E-state index contributed by atoms with van der Waals surface area (Å²) in [6, 6.07) is 16.7. The molecule has 1 amide bonds. The summed E-state index contributed by atoms with van der Waals surface area (Å²) >= 11 is 0. The van der Waals surface area contributed by atoms with Crippen LogP contribution in [0.1, 0.15) is 11.3 Å². The van der Waals surface area contributed by atoms with Crippen molar-refractivity contribution in [2.24, 2.45) is 0 Å². The van der Waals surface area contributed by atoms with Gasteiger partial charge in [-0.15, -0.1) is 0 Å². The summed E-state index contributed by atoms with van der Waals surface area (Å²) in [6.45, 7) is 0.0660. The second-order valence-electron chi connectivity index (χ2n) is 6.74. The second-order valence-corrected chi connectivity index (χ2v) is 8.51. The van der Waals surface area contributed by atoms with E-state index < -0.39 is 10.0 Å². The highest BCUT2D eigenvalue weighted by Gasteiger charge is 2.14. The van der Waals surface area contributed by atoms with Crippen molar-refractivity contribution in [1.29, 1.82) is 0 Å². The summed E-state index contributed by atoms with van der Waals surface area (Å²) in [6.07, 6.45) is 7.43. The smallest absolute Gasteiger partial charge is 0.248 e. The summed E-state index contributed by atoms with van der Waals surface area (Å²) in [5, 5.41) is 2.76. The molecule has 0 unspecified atom stereocenters. The average molecular weight is 449 g/mol. The molecule has 8 nitrogen and oxygen atoms in total. The summed E-state index contributed by atoms with van der Waals surface area (Å²) in [7, 11) is -3.67. The van der Waals surface area contributed by atoms with Gasteiger partial charge in [0.1, 0.15) is 5.76 Å². The van der Waals surface area contributed by atoms with E-state index in [4.69, 9.17) is 8.83 Å². The standard InChI is InChI=1S/C23H19N3O5S/c27-23(26-19-8-6-18(7-9-19)22-15-24-16-31-22)12-5-17-3-10-21(11-4-17)32(28,29)25-14-20-2-1-13-30-20/h1-13,15-16,25H,14H2,(H,26,27)/b12-5+. The van der Waals surface area contributed by atoms with E-state index in [-0.39, 0.29) is 17.3 Å². The molecule has 4 rings (SSSR count). The molecule has 2 N–H and O–H groups in total. The van der Waals surface area contributed by atoms with Gasteiger partial charge >= 0.3 is 0 Å². The minimum Gasteiger partial charge on any atom is -0.468 e. The van der Waals surface area contributed by atoms with Crippen LogP contribution in [0.2, 0.25) is 0 Å². The quantitative estimate of drug-likeness (QED) is 0.392. The molecule has 0 aliphatic rings. The molecule has 9 heteroatoms. The number of carbonyl (C=O) groups is 1. The highest BCUT2D eigenvalue weighted by Crippen LogP contribution is 2.20. The molecular formula is C23H19N3O5S. The number of amides is 1. The van der Waals surface area contributed by atoms with Crippen molar-refractivity contribution < 1.29 is 22.0 Å². The van der Waals surface area contributed by atoms with Crippen LogP contribution in [-0.4, -0.2) is 19.3 Å². The van der Waals surface area contributed by atoms with E-state index in [1.807, 2.05) is 12.1 Å². The molecule has 0 atom stereocenters. The van der Waals surface area contributed by atoms with Crippen LogP contribution >= 0.6 is 0 Å². The fourth-order valence-corrected chi connectivity index (χ4v) is 3.85. The van der Waals surface area contributed by atoms with Gasteiger partial charge < -0.3 is 14.2 Å². The van der Waals surface area contributed by atoms with Crippen LogP contribution < -0.4 is 10.0 Å². The molecule has 4 aromatic rings. The predicted octanol–water partition coefficient (Wildman–Crippen LogP) is 4.07. The Labute approximate surface area is 184 Å². The Kier molecular flexibility index (Phi) is 6.29. The van der Waals surface area contributed by atoms with Gasteiger partial charge in [-0.3, -0.25) is 4.79 Å². The van der Waals surface area contributed by atoms with Crippen LogP contribution in [0.5, 0.6) is 0 Å². The Balaban J connectivity index is 1.33. The van der Waals surface area contributed by atoms with Crippen LogP contribution in [0.15, 0.2) is 99.3 Å². The lowest BCUT2D eigenvalue weighted by Gasteiger charge is -2.06. The van der Waals surface area contributed by atoms with Gasteiger partial charge in [-0.05, 0) is 60.2 Å². The van der Waals surface area contributed by atoms with E-state index >= 15 is 0 Å². The number of carbonyl (C=O) groups excluding carboxylic acids is 1. The topological polar surface area (TPSA) is 114 Å². The number of benzene rings is 2. The number of sulfonamides is 1. The van der Waals surface area contributed by atoms with Crippen LogP contribution in [0.25, 0.3) is 17.4 Å². The van der Waals surface area contributed by atoms with E-state index in [0.29, 0.717) is 22.8 Å². The van der Waals surface area contributed by atoms with Crippen molar-refractivity contribution in [1.82, 2.24) is 9.71 Å².